The Balaban J connectivity index is 2.84. The fourth-order valence-corrected chi connectivity index (χ4v) is 2.00. The van der Waals surface area contributed by atoms with Crippen LogP contribution in [0.4, 0.5) is 0 Å². The lowest BCUT2D eigenvalue weighted by Crippen LogP contribution is -2.25. The lowest BCUT2D eigenvalue weighted by Gasteiger charge is -1.94. The summed E-state index contributed by atoms with van der Waals surface area (Å²) in [4.78, 5) is 0.515. The second kappa shape index (κ2) is 2.84. The molecule has 1 aromatic carbocycles. The van der Waals surface area contributed by atoms with E-state index in [4.69, 9.17) is 4.55 Å². The maximum absolute atomic E-state index is 10.8. The van der Waals surface area contributed by atoms with E-state index in [1.54, 1.807) is 12.1 Å². The van der Waals surface area contributed by atoms with E-state index in [2.05, 4.69) is 0 Å². The van der Waals surface area contributed by atoms with Crippen molar-refractivity contribution in [3.63, 3.8) is 0 Å². The van der Waals surface area contributed by atoms with Crippen LogP contribution >= 0.6 is 0 Å². The number of fused-ring (bicyclic) bond motifs is 1. The predicted octanol–water partition coefficient (Wildman–Crippen LogP) is 0.232. The summed E-state index contributed by atoms with van der Waals surface area (Å²) in [5, 5.41) is 1.98. The van der Waals surface area contributed by atoms with Crippen molar-refractivity contribution in [2.24, 2.45) is 0 Å². The van der Waals surface area contributed by atoms with Gasteiger partial charge in [-0.3, -0.25) is 0 Å². The molecule has 12 heavy (non-hydrogen) atoms. The van der Waals surface area contributed by atoms with Gasteiger partial charge >= 0.3 is 0 Å². The van der Waals surface area contributed by atoms with Gasteiger partial charge in [0.25, 0.3) is 0 Å². The molecule has 1 N–H and O–H groups in total. The molecule has 0 aliphatic heterocycles. The standard InChI is InChI=1S/C9H8O2S/c10-12(11)9-6-2-4-7-3-1-5-8(7)9/h2-6H,1H2,(H,10,11). The first-order valence-electron chi connectivity index (χ1n) is 3.69. The van der Waals surface area contributed by atoms with Crippen LogP contribution in [-0.4, -0.2) is 8.76 Å². The van der Waals surface area contributed by atoms with Crippen LogP contribution in [0.15, 0.2) is 23.1 Å². The third kappa shape index (κ3) is 1.11. The maximum Gasteiger partial charge on any atom is 0.187 e. The van der Waals surface area contributed by atoms with Gasteiger partial charge in [-0.1, -0.05) is 24.3 Å². The lowest BCUT2D eigenvalue weighted by atomic mass is 10.3. The fraction of sp³-hybridized carbons (Fsp3) is 0.111. The van der Waals surface area contributed by atoms with Gasteiger partial charge in [0.1, 0.15) is 0 Å². The molecule has 0 heterocycles. The molecule has 62 valence electrons. The molecule has 0 radical (unpaired) electrons. The molecular weight excluding hydrogens is 172 g/mol. The van der Waals surface area contributed by atoms with Gasteiger partial charge in [-0.2, -0.15) is 0 Å². The summed E-state index contributed by atoms with van der Waals surface area (Å²) in [5.41, 5.74) is 0. The van der Waals surface area contributed by atoms with E-state index in [1.807, 2.05) is 18.2 Å². The SMILES string of the molecule is O=S(O)c1cccc2c1=CCC=2. The van der Waals surface area contributed by atoms with Crippen LogP contribution in [0.25, 0.3) is 12.2 Å². The van der Waals surface area contributed by atoms with Crippen molar-refractivity contribution >= 4 is 23.2 Å². The zero-order chi connectivity index (χ0) is 8.55. The molecule has 0 bridgehead atoms. The minimum Gasteiger partial charge on any atom is -0.302 e. The molecule has 1 atom stereocenters. The van der Waals surface area contributed by atoms with Crippen molar-refractivity contribution in [2.45, 2.75) is 11.3 Å². The van der Waals surface area contributed by atoms with E-state index >= 15 is 0 Å². The van der Waals surface area contributed by atoms with E-state index in [9.17, 15) is 4.21 Å². The largest absolute Gasteiger partial charge is 0.302 e. The number of rotatable bonds is 1. The average Bonchev–Trinajstić information content (AvgIpc) is 2.49. The smallest absolute Gasteiger partial charge is 0.187 e. The number of hydrogen-bond acceptors (Lipinski definition) is 1. The third-order valence-corrected chi connectivity index (χ3v) is 2.68. The Kier molecular flexibility index (Phi) is 1.83. The number of benzene rings is 1. The molecule has 0 saturated heterocycles. The Bertz CT molecular complexity index is 448. The molecule has 2 rings (SSSR count). The van der Waals surface area contributed by atoms with Gasteiger partial charge in [0.2, 0.25) is 0 Å². The highest BCUT2D eigenvalue weighted by atomic mass is 32.2. The van der Waals surface area contributed by atoms with Crippen molar-refractivity contribution in [1.29, 1.82) is 0 Å². The third-order valence-electron chi connectivity index (χ3n) is 1.95. The van der Waals surface area contributed by atoms with Crippen molar-refractivity contribution in [2.75, 3.05) is 0 Å². The highest BCUT2D eigenvalue weighted by Gasteiger charge is 2.04. The highest BCUT2D eigenvalue weighted by Crippen LogP contribution is 1.98. The normalized spacial score (nSPS) is 16.1. The summed E-state index contributed by atoms with van der Waals surface area (Å²) < 4.78 is 19.8. The van der Waals surface area contributed by atoms with Crippen LogP contribution < -0.4 is 10.4 Å². The first-order chi connectivity index (χ1) is 5.79. The molecule has 1 unspecified atom stereocenters. The first kappa shape index (κ1) is 7.71. The summed E-state index contributed by atoms with van der Waals surface area (Å²) in [6, 6.07) is 5.44. The van der Waals surface area contributed by atoms with E-state index in [-0.39, 0.29) is 0 Å². The summed E-state index contributed by atoms with van der Waals surface area (Å²) in [5.74, 6) is 0. The van der Waals surface area contributed by atoms with Gasteiger partial charge in [0.15, 0.2) is 11.1 Å². The molecule has 1 aromatic rings. The molecule has 0 aromatic heterocycles. The van der Waals surface area contributed by atoms with Gasteiger partial charge in [-0.15, -0.1) is 0 Å². The van der Waals surface area contributed by atoms with E-state index < -0.39 is 11.1 Å². The molecule has 0 fully saturated rings. The van der Waals surface area contributed by atoms with Crippen LogP contribution in [0.3, 0.4) is 0 Å². The van der Waals surface area contributed by atoms with Crippen LogP contribution in [0.1, 0.15) is 6.42 Å². The second-order valence-electron chi connectivity index (χ2n) is 2.65. The van der Waals surface area contributed by atoms with Crippen molar-refractivity contribution < 1.29 is 8.76 Å². The fourth-order valence-electron chi connectivity index (χ4n) is 1.41. The first-order valence-corrected chi connectivity index (χ1v) is 4.80. The summed E-state index contributed by atoms with van der Waals surface area (Å²) in [6.07, 6.45) is 4.88. The van der Waals surface area contributed by atoms with E-state index in [0.29, 0.717) is 4.90 Å². The minimum atomic E-state index is -1.86. The molecule has 0 saturated carbocycles. The van der Waals surface area contributed by atoms with Crippen molar-refractivity contribution in [3.05, 3.63) is 28.6 Å². The number of hydrogen-bond donors (Lipinski definition) is 1. The van der Waals surface area contributed by atoms with Gasteiger partial charge in [0, 0.05) is 0 Å². The lowest BCUT2D eigenvalue weighted by molar-refractivity contribution is 0.563. The van der Waals surface area contributed by atoms with Gasteiger partial charge in [0.05, 0.1) is 4.90 Å². The van der Waals surface area contributed by atoms with Crippen LogP contribution in [-0.2, 0) is 11.1 Å². The summed E-state index contributed by atoms with van der Waals surface area (Å²) in [7, 11) is 0. The molecule has 2 nitrogen and oxygen atoms in total. The molecule has 0 amide bonds. The monoisotopic (exact) mass is 180 g/mol. The van der Waals surface area contributed by atoms with Crippen LogP contribution in [0.2, 0.25) is 0 Å². The molecule has 1 aliphatic rings. The molecule has 0 spiro atoms. The Morgan fingerprint density at radius 2 is 2.17 bits per heavy atom. The Hall–Kier alpha value is -0.930. The topological polar surface area (TPSA) is 37.3 Å². The van der Waals surface area contributed by atoms with Crippen molar-refractivity contribution in [1.82, 2.24) is 0 Å². The Morgan fingerprint density at radius 1 is 1.33 bits per heavy atom. The minimum absolute atomic E-state index is 0.515. The van der Waals surface area contributed by atoms with Gasteiger partial charge < -0.3 is 4.55 Å². The van der Waals surface area contributed by atoms with E-state index in [1.165, 1.54) is 0 Å². The van der Waals surface area contributed by atoms with Crippen LogP contribution in [0.5, 0.6) is 0 Å². The summed E-state index contributed by atoms with van der Waals surface area (Å²) in [6.45, 7) is 0. The Labute approximate surface area is 72.5 Å². The molecular formula is C9H8O2S. The zero-order valence-electron chi connectivity index (χ0n) is 6.36. The average molecular weight is 180 g/mol. The van der Waals surface area contributed by atoms with E-state index in [0.717, 1.165) is 16.9 Å². The zero-order valence-corrected chi connectivity index (χ0v) is 7.17. The van der Waals surface area contributed by atoms with Crippen LogP contribution in [0, 0.1) is 0 Å². The second-order valence-corrected chi connectivity index (χ2v) is 3.59. The summed E-state index contributed by atoms with van der Waals surface area (Å²) >= 11 is -1.86. The Morgan fingerprint density at radius 3 is 2.92 bits per heavy atom. The van der Waals surface area contributed by atoms with Gasteiger partial charge in [-0.25, -0.2) is 4.21 Å². The van der Waals surface area contributed by atoms with Crippen molar-refractivity contribution in [3.8, 4) is 0 Å². The van der Waals surface area contributed by atoms with Gasteiger partial charge in [-0.05, 0) is 22.9 Å². The predicted molar refractivity (Wildman–Crippen MR) is 48.3 cm³/mol. The highest BCUT2D eigenvalue weighted by molar-refractivity contribution is 7.79. The molecule has 1 aliphatic carbocycles. The molecule has 3 heteroatoms. The quantitative estimate of drug-likeness (QED) is 0.628. The maximum atomic E-state index is 10.8.